The summed E-state index contributed by atoms with van der Waals surface area (Å²) in [5.41, 5.74) is 1.31. The highest BCUT2D eigenvalue weighted by molar-refractivity contribution is 6.30. The molecule has 0 aliphatic carbocycles. The largest absolute Gasteiger partial charge is 0.497 e. The first-order valence-electron chi connectivity index (χ1n) is 6.68. The fourth-order valence-electron chi connectivity index (χ4n) is 2.41. The molecule has 7 heteroatoms. The van der Waals surface area contributed by atoms with Gasteiger partial charge >= 0.3 is 5.97 Å². The topological polar surface area (TPSA) is 73.1 Å². The highest BCUT2D eigenvalue weighted by Gasteiger charge is 2.23. The van der Waals surface area contributed by atoms with E-state index in [-0.39, 0.29) is 11.4 Å². The van der Waals surface area contributed by atoms with Crippen LogP contribution in [0.5, 0.6) is 11.5 Å². The lowest BCUT2D eigenvalue weighted by Gasteiger charge is -2.09. The van der Waals surface area contributed by atoms with Crippen LogP contribution in [-0.2, 0) is 0 Å². The highest BCUT2D eigenvalue weighted by atomic mass is 35.5. The Kier molecular flexibility index (Phi) is 3.83. The molecule has 0 aliphatic heterocycles. The van der Waals surface area contributed by atoms with Crippen LogP contribution in [0, 0.1) is 0 Å². The molecule has 23 heavy (non-hydrogen) atoms. The van der Waals surface area contributed by atoms with Gasteiger partial charge in [0.2, 0.25) is 0 Å². The van der Waals surface area contributed by atoms with Gasteiger partial charge in [0.05, 0.1) is 19.2 Å². The smallest absolute Gasteiger partial charge is 0.355 e. The van der Waals surface area contributed by atoms with Gasteiger partial charge in [-0.1, -0.05) is 11.6 Å². The van der Waals surface area contributed by atoms with Crippen LogP contribution in [0.3, 0.4) is 0 Å². The fourth-order valence-corrected chi connectivity index (χ4v) is 2.57. The normalized spacial score (nSPS) is 10.7. The van der Waals surface area contributed by atoms with E-state index in [4.69, 9.17) is 21.1 Å². The van der Waals surface area contributed by atoms with Gasteiger partial charge in [0.1, 0.15) is 22.8 Å². The van der Waals surface area contributed by atoms with E-state index in [0.717, 1.165) is 0 Å². The van der Waals surface area contributed by atoms with Crippen LogP contribution >= 0.6 is 11.6 Å². The third-order valence-electron chi connectivity index (χ3n) is 3.45. The van der Waals surface area contributed by atoms with Crippen molar-refractivity contribution in [2.75, 3.05) is 14.2 Å². The van der Waals surface area contributed by atoms with E-state index < -0.39 is 5.97 Å². The Morgan fingerprint density at radius 2 is 2.00 bits per heavy atom. The number of aromatic nitrogens is 2. The number of ether oxygens (including phenoxy) is 2. The van der Waals surface area contributed by atoms with E-state index in [0.29, 0.717) is 27.7 Å². The van der Waals surface area contributed by atoms with Crippen molar-refractivity contribution in [2.24, 2.45) is 0 Å². The zero-order valence-corrected chi connectivity index (χ0v) is 13.2. The molecular weight excluding hydrogens is 320 g/mol. The first-order chi connectivity index (χ1) is 11.0. The van der Waals surface area contributed by atoms with Gasteiger partial charge in [-0.15, -0.1) is 0 Å². The first-order valence-corrected chi connectivity index (χ1v) is 7.06. The van der Waals surface area contributed by atoms with Gasteiger partial charge in [0, 0.05) is 11.8 Å². The molecule has 1 aromatic carbocycles. The minimum atomic E-state index is -1.11. The molecule has 0 radical (unpaired) electrons. The number of pyridine rings is 1. The maximum Gasteiger partial charge on any atom is 0.355 e. The second kappa shape index (κ2) is 5.81. The molecule has 3 aromatic rings. The molecule has 0 atom stereocenters. The molecule has 0 bridgehead atoms. The Balaban J connectivity index is 2.36. The number of fused-ring (bicyclic) bond motifs is 1. The molecule has 0 aliphatic rings. The highest BCUT2D eigenvalue weighted by Crippen LogP contribution is 2.35. The van der Waals surface area contributed by atoms with Crippen LogP contribution in [-0.4, -0.2) is 34.7 Å². The number of hydrogen-bond donors (Lipinski definition) is 1. The Morgan fingerprint density at radius 1 is 1.22 bits per heavy atom. The van der Waals surface area contributed by atoms with Gasteiger partial charge in [-0.3, -0.25) is 4.40 Å². The average Bonchev–Trinajstić information content (AvgIpc) is 2.92. The Labute approximate surface area is 136 Å². The summed E-state index contributed by atoms with van der Waals surface area (Å²) in [6, 6.07) is 8.44. The van der Waals surface area contributed by atoms with E-state index in [2.05, 4.69) is 4.98 Å². The zero-order chi connectivity index (χ0) is 16.6. The van der Waals surface area contributed by atoms with E-state index in [1.165, 1.54) is 24.8 Å². The number of carboxylic acids is 1. The number of carboxylic acid groups (broad SMARTS) is 1. The van der Waals surface area contributed by atoms with Crippen molar-refractivity contribution < 1.29 is 19.4 Å². The summed E-state index contributed by atoms with van der Waals surface area (Å²) in [5, 5.41) is 10.0. The summed E-state index contributed by atoms with van der Waals surface area (Å²) >= 11 is 5.97. The average molecular weight is 333 g/mol. The summed E-state index contributed by atoms with van der Waals surface area (Å²) in [7, 11) is 3.05. The van der Waals surface area contributed by atoms with E-state index >= 15 is 0 Å². The van der Waals surface area contributed by atoms with Crippen LogP contribution in [0.15, 0.2) is 36.5 Å². The number of carbonyl (C=O) groups is 1. The molecule has 118 valence electrons. The third-order valence-corrected chi connectivity index (χ3v) is 3.67. The van der Waals surface area contributed by atoms with Crippen molar-refractivity contribution in [1.29, 1.82) is 0 Å². The molecule has 6 nitrogen and oxygen atoms in total. The quantitative estimate of drug-likeness (QED) is 0.793. The van der Waals surface area contributed by atoms with E-state index in [9.17, 15) is 9.90 Å². The van der Waals surface area contributed by atoms with Crippen LogP contribution in [0.1, 0.15) is 10.5 Å². The monoisotopic (exact) mass is 332 g/mol. The van der Waals surface area contributed by atoms with Gasteiger partial charge in [-0.05, 0) is 30.3 Å². The van der Waals surface area contributed by atoms with Gasteiger partial charge in [0.25, 0.3) is 0 Å². The van der Waals surface area contributed by atoms with Crippen LogP contribution in [0.2, 0.25) is 5.02 Å². The predicted molar refractivity (Wildman–Crippen MR) is 85.7 cm³/mol. The van der Waals surface area contributed by atoms with Gasteiger partial charge in [-0.25, -0.2) is 9.78 Å². The van der Waals surface area contributed by atoms with Gasteiger partial charge in [-0.2, -0.15) is 0 Å². The Bertz CT molecular complexity index is 904. The Morgan fingerprint density at radius 3 is 2.65 bits per heavy atom. The lowest BCUT2D eigenvalue weighted by atomic mass is 10.1. The molecule has 0 saturated carbocycles. The second-order valence-corrected chi connectivity index (χ2v) is 5.19. The molecular formula is C16H13ClN2O4. The maximum atomic E-state index is 11.8. The number of nitrogens with zero attached hydrogens (tertiary/aromatic N) is 2. The van der Waals surface area contributed by atoms with Crippen molar-refractivity contribution in [3.63, 3.8) is 0 Å². The number of halogens is 1. The summed E-state index contributed by atoms with van der Waals surface area (Å²) in [6.07, 6.45) is 1.52. The zero-order valence-electron chi connectivity index (χ0n) is 12.4. The Hall–Kier alpha value is -2.73. The number of rotatable bonds is 4. The summed E-state index contributed by atoms with van der Waals surface area (Å²) in [4.78, 5) is 16.2. The fraction of sp³-hybridized carbons (Fsp3) is 0.125. The molecule has 2 aromatic heterocycles. The van der Waals surface area contributed by atoms with Crippen molar-refractivity contribution in [2.45, 2.75) is 0 Å². The number of aromatic carboxylic acids is 1. The number of hydrogen-bond acceptors (Lipinski definition) is 4. The molecule has 0 saturated heterocycles. The van der Waals surface area contributed by atoms with Crippen molar-refractivity contribution in [3.05, 3.63) is 47.2 Å². The molecule has 2 heterocycles. The minimum absolute atomic E-state index is 0.00838. The third kappa shape index (κ3) is 2.57. The summed E-state index contributed by atoms with van der Waals surface area (Å²) in [5.74, 6) is -0.0327. The maximum absolute atomic E-state index is 11.8. The van der Waals surface area contributed by atoms with Gasteiger partial charge < -0.3 is 14.6 Å². The molecule has 0 fully saturated rings. The SMILES string of the molecule is COc1ccc(OC)c(-c2nc3ccc(Cl)cn3c2C(=O)O)c1. The molecule has 0 spiro atoms. The lowest BCUT2D eigenvalue weighted by Crippen LogP contribution is -2.04. The lowest BCUT2D eigenvalue weighted by molar-refractivity contribution is 0.0690. The summed E-state index contributed by atoms with van der Waals surface area (Å²) in [6.45, 7) is 0. The van der Waals surface area contributed by atoms with E-state index in [1.807, 2.05) is 0 Å². The summed E-state index contributed by atoms with van der Waals surface area (Å²) < 4.78 is 12.0. The standard InChI is InChI=1S/C16H13ClN2O4/c1-22-10-4-5-12(23-2)11(7-10)14-15(16(20)21)19-8-9(17)3-6-13(19)18-14/h3-8H,1-2H3,(H,20,21). The molecule has 3 rings (SSSR count). The van der Waals surface area contributed by atoms with Gasteiger partial charge in [0.15, 0.2) is 5.69 Å². The van der Waals surface area contributed by atoms with Crippen LogP contribution in [0.4, 0.5) is 0 Å². The second-order valence-electron chi connectivity index (χ2n) is 4.76. The van der Waals surface area contributed by atoms with Crippen LogP contribution < -0.4 is 9.47 Å². The van der Waals surface area contributed by atoms with E-state index in [1.54, 1.807) is 30.3 Å². The number of benzene rings is 1. The molecule has 1 N–H and O–H groups in total. The number of imidazole rings is 1. The van der Waals surface area contributed by atoms with Crippen molar-refractivity contribution >= 4 is 23.2 Å². The van der Waals surface area contributed by atoms with Crippen molar-refractivity contribution in [1.82, 2.24) is 9.38 Å². The molecule has 0 amide bonds. The van der Waals surface area contributed by atoms with Crippen LogP contribution in [0.25, 0.3) is 16.9 Å². The van der Waals surface area contributed by atoms with Crippen molar-refractivity contribution in [3.8, 4) is 22.8 Å². The molecule has 0 unspecified atom stereocenters. The minimum Gasteiger partial charge on any atom is -0.497 e. The number of methoxy groups -OCH3 is 2. The first kappa shape index (κ1) is 15.2. The predicted octanol–water partition coefficient (Wildman–Crippen LogP) is 3.37.